The number of hydrogen-bond acceptors (Lipinski definition) is 14. The van der Waals surface area contributed by atoms with Crippen LogP contribution >= 0.6 is 0 Å². The summed E-state index contributed by atoms with van der Waals surface area (Å²) in [6.45, 7) is 7.97. The molecule has 1 heterocycles. The van der Waals surface area contributed by atoms with Crippen LogP contribution in [-0.4, -0.2) is 105 Å². The highest BCUT2D eigenvalue weighted by atomic mass is 16.6. The molecule has 328 valence electrons. The Labute approximate surface area is 358 Å². The molecule has 4 N–H and O–H groups in total. The van der Waals surface area contributed by atoms with Gasteiger partial charge in [-0.2, -0.15) is 0 Å². The van der Waals surface area contributed by atoms with Gasteiger partial charge in [-0.15, -0.1) is 0 Å². The number of aliphatic hydroxyl groups excluding tert-OH is 2. The third-order valence-corrected chi connectivity index (χ3v) is 13.5. The molecule has 2 unspecified atom stereocenters. The molecule has 3 aliphatic carbocycles. The maximum Gasteiger partial charge on any atom is 0.338 e. The lowest BCUT2D eigenvalue weighted by molar-refractivity contribution is -0.346. The number of fused-ring (bicyclic) bond motifs is 5. The van der Waals surface area contributed by atoms with E-state index in [2.05, 4.69) is 5.32 Å². The van der Waals surface area contributed by atoms with Crippen LogP contribution in [-0.2, 0) is 42.9 Å². The van der Waals surface area contributed by atoms with Gasteiger partial charge in [0.1, 0.15) is 23.9 Å². The smallest absolute Gasteiger partial charge is 0.338 e. The lowest BCUT2D eigenvalue weighted by Gasteiger charge is -2.67. The van der Waals surface area contributed by atoms with Crippen molar-refractivity contribution in [3.05, 3.63) is 119 Å². The number of ether oxygens (including phenoxy) is 5. The summed E-state index contributed by atoms with van der Waals surface area (Å²) >= 11 is 0. The van der Waals surface area contributed by atoms with Gasteiger partial charge in [0, 0.05) is 37.7 Å². The Morgan fingerprint density at radius 3 is 1.95 bits per heavy atom. The molecule has 1 aliphatic heterocycles. The molecule has 1 saturated heterocycles. The first-order valence-corrected chi connectivity index (χ1v) is 20.5. The van der Waals surface area contributed by atoms with Crippen molar-refractivity contribution < 1.29 is 67.8 Å². The second-order valence-corrected chi connectivity index (χ2v) is 17.4. The standard InChI is InChI=1S/C47H51NO14/c1-25-31(60-43(56)36(52)35(28-16-10-7-11-17-28)48-41(54)29-18-12-8-13-19-29)23-47(57)40(61-42(55)30-20-14-9-15-21-30)38-45(6,32(51)22-33-46(38,24-58-33)62-27(3)50)39(53)37(59-26(2)49)34(25)44(47,4)5/h7-21,31-33,35-38,40,51-52,57H,22-24H2,1-6H3,(H,48,54)/t31-,32-,33+,35?,36+,37?,38-,40-,45+,46-,47+/m0/s1. The van der Waals surface area contributed by atoms with Crippen LogP contribution in [0, 0.1) is 16.7 Å². The van der Waals surface area contributed by atoms with Crippen LogP contribution in [0.2, 0.25) is 0 Å². The molecular formula is C47H51NO14. The number of rotatable bonds is 10. The molecule has 4 aliphatic rings. The van der Waals surface area contributed by atoms with Crippen molar-refractivity contribution in [2.75, 3.05) is 6.61 Å². The first kappa shape index (κ1) is 44.3. The molecule has 0 aromatic heterocycles. The quantitative estimate of drug-likeness (QED) is 0.130. The molecule has 3 aromatic carbocycles. The molecule has 2 saturated carbocycles. The number of aliphatic hydroxyl groups is 3. The van der Waals surface area contributed by atoms with Gasteiger partial charge in [0.25, 0.3) is 5.91 Å². The van der Waals surface area contributed by atoms with E-state index in [1.807, 2.05) is 0 Å². The van der Waals surface area contributed by atoms with Crippen LogP contribution < -0.4 is 5.32 Å². The number of hydrogen-bond donors (Lipinski definition) is 4. The third-order valence-electron chi connectivity index (χ3n) is 13.5. The summed E-state index contributed by atoms with van der Waals surface area (Å²) in [6, 6.07) is 22.9. The minimum absolute atomic E-state index is 0.00289. The molecule has 62 heavy (non-hydrogen) atoms. The molecule has 0 radical (unpaired) electrons. The topological polar surface area (TPSA) is 221 Å². The van der Waals surface area contributed by atoms with Gasteiger partial charge in [-0.25, -0.2) is 9.59 Å². The monoisotopic (exact) mass is 853 g/mol. The fraction of sp³-hybridized carbons (Fsp3) is 0.447. The number of nitrogens with one attached hydrogen (secondary N) is 1. The summed E-state index contributed by atoms with van der Waals surface area (Å²) in [5.41, 5.74) is -7.02. The van der Waals surface area contributed by atoms with E-state index in [-0.39, 0.29) is 35.3 Å². The van der Waals surface area contributed by atoms with E-state index in [0.29, 0.717) is 5.56 Å². The van der Waals surface area contributed by atoms with E-state index >= 15 is 4.79 Å². The van der Waals surface area contributed by atoms with Crippen molar-refractivity contribution in [1.82, 2.24) is 5.32 Å². The van der Waals surface area contributed by atoms with Crippen LogP contribution in [0.3, 0.4) is 0 Å². The molecule has 3 fully saturated rings. The zero-order valence-corrected chi connectivity index (χ0v) is 35.2. The summed E-state index contributed by atoms with van der Waals surface area (Å²) in [7, 11) is 0. The van der Waals surface area contributed by atoms with E-state index in [9.17, 15) is 39.3 Å². The molecule has 1 amide bonds. The molecule has 7 rings (SSSR count). The van der Waals surface area contributed by atoms with E-state index in [1.54, 1.807) is 92.7 Å². The Morgan fingerprint density at radius 1 is 0.823 bits per heavy atom. The van der Waals surface area contributed by atoms with Gasteiger partial charge in [-0.05, 0) is 54.8 Å². The van der Waals surface area contributed by atoms with E-state index in [0.717, 1.165) is 13.8 Å². The van der Waals surface area contributed by atoms with Crippen molar-refractivity contribution >= 4 is 35.6 Å². The molecule has 3 aromatic rings. The first-order chi connectivity index (χ1) is 29.3. The number of Topliss-reactive ketones (excluding diaryl/α,β-unsaturated/α-hetero) is 1. The number of carbonyl (C=O) groups is 6. The van der Waals surface area contributed by atoms with E-state index < -0.39 is 113 Å². The predicted molar refractivity (Wildman–Crippen MR) is 218 cm³/mol. The van der Waals surface area contributed by atoms with Gasteiger partial charge in [-0.1, -0.05) is 80.6 Å². The van der Waals surface area contributed by atoms with Crippen molar-refractivity contribution in [1.29, 1.82) is 0 Å². The van der Waals surface area contributed by atoms with Gasteiger partial charge < -0.3 is 44.3 Å². The number of benzene rings is 3. The normalized spacial score (nSPS) is 31.9. The summed E-state index contributed by atoms with van der Waals surface area (Å²) in [6.07, 6.45) is -10.5. The maximum absolute atomic E-state index is 15.5. The van der Waals surface area contributed by atoms with Gasteiger partial charge >= 0.3 is 23.9 Å². The van der Waals surface area contributed by atoms with E-state index in [4.69, 9.17) is 23.7 Å². The van der Waals surface area contributed by atoms with Crippen molar-refractivity contribution in [2.24, 2.45) is 16.7 Å². The van der Waals surface area contributed by atoms with Crippen LogP contribution in [0.1, 0.15) is 86.7 Å². The Morgan fingerprint density at radius 2 is 1.40 bits per heavy atom. The van der Waals surface area contributed by atoms with Crippen LogP contribution in [0.25, 0.3) is 0 Å². The van der Waals surface area contributed by atoms with Crippen molar-refractivity contribution in [3.63, 3.8) is 0 Å². The fourth-order valence-corrected chi connectivity index (χ4v) is 10.2. The van der Waals surface area contributed by atoms with Gasteiger partial charge in [-0.3, -0.25) is 19.2 Å². The Balaban J connectivity index is 1.39. The molecule has 2 bridgehead atoms. The highest BCUT2D eigenvalue weighted by molar-refractivity contribution is 5.96. The van der Waals surface area contributed by atoms with Crippen LogP contribution in [0.5, 0.6) is 0 Å². The molecule has 15 heteroatoms. The highest BCUT2D eigenvalue weighted by Gasteiger charge is 2.78. The summed E-state index contributed by atoms with van der Waals surface area (Å²) in [5.74, 6) is -6.84. The average Bonchev–Trinajstić information content (AvgIpc) is 3.24. The first-order valence-electron chi connectivity index (χ1n) is 20.5. The molecule has 11 atom stereocenters. The minimum atomic E-state index is -2.39. The number of carbonyl (C=O) groups excluding carboxylic acids is 6. The average molecular weight is 854 g/mol. The third kappa shape index (κ3) is 7.29. The lowest BCUT2D eigenvalue weighted by Crippen LogP contribution is -2.82. The zero-order valence-electron chi connectivity index (χ0n) is 35.2. The second kappa shape index (κ2) is 16.5. The predicted octanol–water partition coefficient (Wildman–Crippen LogP) is 3.74. The van der Waals surface area contributed by atoms with Gasteiger partial charge in [0.15, 0.2) is 23.6 Å². The number of amides is 1. The largest absolute Gasteiger partial charge is 0.456 e. The second-order valence-electron chi connectivity index (χ2n) is 17.4. The fourth-order valence-electron chi connectivity index (χ4n) is 10.2. The molecule has 15 nitrogen and oxygen atoms in total. The maximum atomic E-state index is 15.5. The Bertz CT molecular complexity index is 2280. The summed E-state index contributed by atoms with van der Waals surface area (Å²) in [4.78, 5) is 83.5. The molecule has 0 spiro atoms. The zero-order chi connectivity index (χ0) is 44.9. The Kier molecular flexibility index (Phi) is 11.8. The SMILES string of the molecule is CC(=O)OC1C(=O)[C@@]2(C)[C@H]([C@H](OC(=O)c3ccccc3)[C@]3(O)C[C@H](OC(=O)[C@H](O)C(NC(=O)c4ccccc4)c4ccccc4)C(C)=C1C3(C)C)[C@]1(OC(C)=O)CO[C@@H]1C[C@@H]2O. The van der Waals surface area contributed by atoms with Crippen molar-refractivity contribution in [2.45, 2.75) is 108 Å². The summed E-state index contributed by atoms with van der Waals surface area (Å²) < 4.78 is 30.3. The minimum Gasteiger partial charge on any atom is -0.456 e. The van der Waals surface area contributed by atoms with Crippen LogP contribution in [0.15, 0.2) is 102 Å². The number of esters is 4. The van der Waals surface area contributed by atoms with Gasteiger partial charge in [0.2, 0.25) is 0 Å². The van der Waals surface area contributed by atoms with Crippen LogP contribution in [0.4, 0.5) is 0 Å². The van der Waals surface area contributed by atoms with Gasteiger partial charge in [0.05, 0.1) is 35.6 Å². The van der Waals surface area contributed by atoms with E-state index in [1.165, 1.54) is 26.0 Å². The Hall–Kier alpha value is -5.74. The van der Waals surface area contributed by atoms with Crippen molar-refractivity contribution in [3.8, 4) is 0 Å². The number of ketones is 1. The highest BCUT2D eigenvalue weighted by Crippen LogP contribution is 2.64. The lowest BCUT2D eigenvalue weighted by atomic mass is 9.44. The molecular weight excluding hydrogens is 803 g/mol. The summed E-state index contributed by atoms with van der Waals surface area (Å²) in [5, 5.41) is 40.2.